The number of nitrogens with zero attached hydrogens (tertiary/aromatic N) is 2. The molecule has 1 N–H and O–H groups in total. The van der Waals surface area contributed by atoms with Crippen molar-refractivity contribution in [2.75, 3.05) is 13.3 Å². The van der Waals surface area contributed by atoms with Crippen molar-refractivity contribution in [3.63, 3.8) is 0 Å². The van der Waals surface area contributed by atoms with Crippen LogP contribution in [-0.2, 0) is 22.7 Å². The normalized spacial score (nSPS) is 18.3. The molecule has 2 aromatic rings. The monoisotopic (exact) mass is 329 g/mol. The van der Waals surface area contributed by atoms with Gasteiger partial charge < -0.3 is 24.1 Å². The average molecular weight is 329 g/mol. The Hall–Kier alpha value is -2.54. The molecule has 24 heavy (non-hydrogen) atoms. The molecule has 1 aromatic heterocycles. The second-order valence-corrected chi connectivity index (χ2v) is 5.83. The summed E-state index contributed by atoms with van der Waals surface area (Å²) in [6.45, 7) is 3.70. The Balaban J connectivity index is 1.55. The van der Waals surface area contributed by atoms with E-state index in [4.69, 9.17) is 14.2 Å². The first-order valence-electron chi connectivity index (χ1n) is 8.07. The van der Waals surface area contributed by atoms with Crippen molar-refractivity contribution in [2.24, 2.45) is 0 Å². The summed E-state index contributed by atoms with van der Waals surface area (Å²) >= 11 is 0. The van der Waals surface area contributed by atoms with Gasteiger partial charge in [-0.25, -0.2) is 4.98 Å². The first kappa shape index (κ1) is 15.0. The van der Waals surface area contributed by atoms with Crippen molar-refractivity contribution < 1.29 is 19.0 Å². The zero-order valence-electron chi connectivity index (χ0n) is 13.4. The molecule has 0 bridgehead atoms. The Labute approximate surface area is 139 Å². The van der Waals surface area contributed by atoms with Gasteiger partial charge in [0.1, 0.15) is 12.4 Å². The second-order valence-electron chi connectivity index (χ2n) is 5.83. The van der Waals surface area contributed by atoms with Gasteiger partial charge in [-0.15, -0.1) is 0 Å². The van der Waals surface area contributed by atoms with E-state index >= 15 is 0 Å². The van der Waals surface area contributed by atoms with Gasteiger partial charge in [-0.2, -0.15) is 0 Å². The van der Waals surface area contributed by atoms with Gasteiger partial charge in [0.2, 0.25) is 12.7 Å². The van der Waals surface area contributed by atoms with Crippen LogP contribution in [0.15, 0.2) is 24.4 Å². The van der Waals surface area contributed by atoms with E-state index in [-0.39, 0.29) is 18.8 Å². The lowest BCUT2D eigenvalue weighted by atomic mass is 10.1. The summed E-state index contributed by atoms with van der Waals surface area (Å²) < 4.78 is 18.7. The van der Waals surface area contributed by atoms with Crippen LogP contribution in [0.1, 0.15) is 19.2 Å². The van der Waals surface area contributed by atoms with Crippen LogP contribution >= 0.6 is 0 Å². The number of hydrogen-bond donors (Lipinski definition) is 1. The maximum absolute atomic E-state index is 11.4. The third-order valence-electron chi connectivity index (χ3n) is 4.29. The Bertz CT molecular complexity index is 771. The van der Waals surface area contributed by atoms with Crippen LogP contribution in [0.3, 0.4) is 0 Å². The van der Waals surface area contributed by atoms with Crippen LogP contribution in [0.4, 0.5) is 0 Å². The van der Waals surface area contributed by atoms with Gasteiger partial charge in [0.15, 0.2) is 11.5 Å². The number of hydrogen-bond acceptors (Lipinski definition) is 5. The van der Waals surface area contributed by atoms with Crippen molar-refractivity contribution in [2.45, 2.75) is 32.6 Å². The summed E-state index contributed by atoms with van der Waals surface area (Å²) in [4.78, 5) is 15.9. The smallest absolute Gasteiger partial charge is 0.231 e. The van der Waals surface area contributed by atoms with Gasteiger partial charge in [-0.3, -0.25) is 4.79 Å². The van der Waals surface area contributed by atoms with E-state index < -0.39 is 0 Å². The molecule has 4 rings (SSSR count). The van der Waals surface area contributed by atoms with E-state index in [1.54, 1.807) is 0 Å². The fraction of sp³-hybridized carbons (Fsp3) is 0.412. The topological polar surface area (TPSA) is 74.6 Å². The van der Waals surface area contributed by atoms with Crippen molar-refractivity contribution in [1.82, 2.24) is 14.9 Å². The largest absolute Gasteiger partial charge is 0.454 e. The summed E-state index contributed by atoms with van der Waals surface area (Å²) in [5, 5.41) is 2.88. The highest BCUT2D eigenvalue weighted by Crippen LogP contribution is 2.36. The fourth-order valence-electron chi connectivity index (χ4n) is 2.94. The number of fused-ring (bicyclic) bond motifs is 2. The molecule has 2 aliphatic rings. The number of benzene rings is 1. The number of ether oxygens (including phenoxy) is 3. The lowest BCUT2D eigenvalue weighted by molar-refractivity contribution is -0.121. The van der Waals surface area contributed by atoms with Gasteiger partial charge >= 0.3 is 0 Å². The van der Waals surface area contributed by atoms with E-state index in [0.29, 0.717) is 26.1 Å². The van der Waals surface area contributed by atoms with Gasteiger partial charge in [0.25, 0.3) is 0 Å². The van der Waals surface area contributed by atoms with Crippen molar-refractivity contribution >= 4 is 5.91 Å². The molecule has 0 radical (unpaired) electrons. The van der Waals surface area contributed by atoms with Gasteiger partial charge in [-0.1, -0.05) is 6.92 Å². The third-order valence-corrected chi connectivity index (χ3v) is 4.29. The molecule has 0 spiro atoms. The first-order chi connectivity index (χ1) is 11.7. The number of nitrogens with one attached hydrogen (secondary N) is 1. The van der Waals surface area contributed by atoms with E-state index in [0.717, 1.165) is 28.6 Å². The molecule has 7 nitrogen and oxygen atoms in total. The van der Waals surface area contributed by atoms with Crippen LogP contribution in [0.2, 0.25) is 0 Å². The quantitative estimate of drug-likeness (QED) is 0.924. The Kier molecular flexibility index (Phi) is 3.86. The molecule has 7 heteroatoms. The highest BCUT2D eigenvalue weighted by molar-refractivity contribution is 5.75. The van der Waals surface area contributed by atoms with E-state index in [1.165, 1.54) is 0 Å². The maximum Gasteiger partial charge on any atom is 0.231 e. The summed E-state index contributed by atoms with van der Waals surface area (Å²) in [5.74, 6) is 2.44. The van der Waals surface area contributed by atoms with Crippen LogP contribution < -0.4 is 14.8 Å². The zero-order chi connectivity index (χ0) is 16.5. The number of imidazole rings is 1. The number of amides is 1. The number of carbonyl (C=O) groups excluding carboxylic acids is 1. The maximum atomic E-state index is 11.4. The van der Waals surface area contributed by atoms with Crippen LogP contribution in [-0.4, -0.2) is 34.9 Å². The Morgan fingerprint density at radius 1 is 1.38 bits per heavy atom. The molecule has 2 aliphatic heterocycles. The van der Waals surface area contributed by atoms with Gasteiger partial charge in [0.05, 0.1) is 24.5 Å². The zero-order valence-corrected chi connectivity index (χ0v) is 13.4. The van der Waals surface area contributed by atoms with Crippen molar-refractivity contribution in [1.29, 1.82) is 0 Å². The minimum atomic E-state index is -0.0602. The number of carbonyl (C=O) groups is 1. The van der Waals surface area contributed by atoms with E-state index in [9.17, 15) is 4.79 Å². The first-order valence-corrected chi connectivity index (χ1v) is 8.07. The molecule has 1 aromatic carbocycles. The molecule has 0 fully saturated rings. The molecule has 1 amide bonds. The Morgan fingerprint density at radius 3 is 3.12 bits per heavy atom. The standard InChI is InChI=1S/C17H19N3O4/c1-2-17(21)19-6-12-8-20-13(7-18-16(20)9-22-12)11-3-4-14-15(5-11)24-10-23-14/h3-5,7,12H,2,6,8-10H2,1H3,(H,19,21)/t12-/m0/s1. The Morgan fingerprint density at radius 2 is 2.25 bits per heavy atom. The number of aromatic nitrogens is 2. The minimum absolute atomic E-state index is 0.0334. The van der Waals surface area contributed by atoms with Crippen molar-refractivity contribution in [3.05, 3.63) is 30.2 Å². The van der Waals surface area contributed by atoms with Crippen LogP contribution in [0.25, 0.3) is 11.3 Å². The lowest BCUT2D eigenvalue weighted by Crippen LogP contribution is -2.38. The summed E-state index contributed by atoms with van der Waals surface area (Å²) in [5.41, 5.74) is 2.04. The average Bonchev–Trinajstić information content (AvgIpc) is 3.24. The SMILES string of the molecule is CCC(=O)NC[C@H]1Cn2c(-c3ccc4c(c3)OCO4)cnc2CO1. The highest BCUT2D eigenvalue weighted by Gasteiger charge is 2.24. The molecular formula is C17H19N3O4. The van der Waals surface area contributed by atoms with Gasteiger partial charge in [0, 0.05) is 18.5 Å². The molecule has 0 saturated heterocycles. The minimum Gasteiger partial charge on any atom is -0.454 e. The molecule has 3 heterocycles. The van der Waals surface area contributed by atoms with Crippen LogP contribution in [0.5, 0.6) is 11.5 Å². The summed E-state index contributed by atoms with van der Waals surface area (Å²) in [6, 6.07) is 5.88. The molecule has 0 saturated carbocycles. The van der Waals surface area contributed by atoms with E-state index in [1.807, 2.05) is 31.3 Å². The van der Waals surface area contributed by atoms with Crippen LogP contribution in [0, 0.1) is 0 Å². The summed E-state index contributed by atoms with van der Waals surface area (Å²) in [7, 11) is 0. The molecule has 1 atom stereocenters. The second kappa shape index (κ2) is 6.16. The molecule has 0 unspecified atom stereocenters. The predicted molar refractivity (Wildman–Crippen MR) is 85.7 cm³/mol. The molecular weight excluding hydrogens is 310 g/mol. The predicted octanol–water partition coefficient (Wildman–Crippen LogP) is 1.70. The van der Waals surface area contributed by atoms with E-state index in [2.05, 4.69) is 14.9 Å². The summed E-state index contributed by atoms with van der Waals surface area (Å²) in [6.07, 6.45) is 2.27. The number of rotatable bonds is 4. The molecule has 0 aliphatic carbocycles. The van der Waals surface area contributed by atoms with Gasteiger partial charge in [-0.05, 0) is 18.2 Å². The third kappa shape index (κ3) is 2.71. The lowest BCUT2D eigenvalue weighted by Gasteiger charge is -2.26. The highest BCUT2D eigenvalue weighted by atomic mass is 16.7. The van der Waals surface area contributed by atoms with Crippen molar-refractivity contribution in [3.8, 4) is 22.8 Å². The fourth-order valence-corrected chi connectivity index (χ4v) is 2.94. The molecule has 126 valence electrons.